The summed E-state index contributed by atoms with van der Waals surface area (Å²) in [6.45, 7) is 33.3. The topological polar surface area (TPSA) is 121 Å². The normalized spacial score (nSPS) is 10.8. The molecule has 0 aliphatic rings. The minimum Gasteiger partial charge on any atom is -0.494 e. The van der Waals surface area contributed by atoms with Gasteiger partial charge >= 0.3 is 0 Å². The first-order chi connectivity index (χ1) is 55.2. The van der Waals surface area contributed by atoms with Gasteiger partial charge in [0.15, 0.2) is 22.7 Å². The molecule has 0 saturated carbocycles. The summed E-state index contributed by atoms with van der Waals surface area (Å²) >= 11 is 0. The van der Waals surface area contributed by atoms with Crippen molar-refractivity contribution in [1.29, 1.82) is 0 Å². The molecule has 1 N–H and O–H groups in total. The van der Waals surface area contributed by atoms with Crippen molar-refractivity contribution in [3.63, 3.8) is 0 Å². The number of aliphatic hydroxyl groups is 1. The molecule has 11 aromatic rings. The smallest absolute Gasteiger partial charge is 0.187 e. The highest BCUT2D eigenvalue weighted by Gasteiger charge is 2.13. The summed E-state index contributed by atoms with van der Waals surface area (Å²) in [4.78, 5) is 14.0. The Morgan fingerprint density at radius 3 is 0.652 bits per heavy atom. The van der Waals surface area contributed by atoms with Crippen LogP contribution in [-0.2, 0) is 26.2 Å². The van der Waals surface area contributed by atoms with E-state index in [9.17, 15) is 5.11 Å². The van der Waals surface area contributed by atoms with E-state index in [1.54, 1.807) is 0 Å². The maximum atomic E-state index is 10.5. The quantitative estimate of drug-likeness (QED) is 0.0292. The van der Waals surface area contributed by atoms with Crippen molar-refractivity contribution in [2.75, 3.05) is 46.2 Å². The van der Waals surface area contributed by atoms with Gasteiger partial charge in [0.1, 0.15) is 65.0 Å². The van der Waals surface area contributed by atoms with Gasteiger partial charge in [0.25, 0.3) is 0 Å². The van der Waals surface area contributed by atoms with Crippen molar-refractivity contribution in [3.05, 3.63) is 317 Å². The molecule has 11 aromatic carbocycles. The first-order valence-corrected chi connectivity index (χ1v) is 39.2. The van der Waals surface area contributed by atoms with Crippen molar-refractivity contribution in [2.24, 2.45) is 0 Å². The molecule has 0 amide bonds. The van der Waals surface area contributed by atoms with Crippen LogP contribution in [0.25, 0.3) is 63.9 Å². The Kier molecular flexibility index (Phi) is 32.3. The summed E-state index contributed by atoms with van der Waals surface area (Å²) in [6, 6.07) is 81.1. The van der Waals surface area contributed by atoms with Gasteiger partial charge in [-0.05, 0) is 236 Å². The summed E-state index contributed by atoms with van der Waals surface area (Å²) in [7, 11) is 0. The number of nitrogens with zero attached hydrogens (tertiary/aromatic N) is 4. The molecule has 14 heteroatoms. The summed E-state index contributed by atoms with van der Waals surface area (Å²) in [6.07, 6.45) is 17.8. The van der Waals surface area contributed by atoms with E-state index in [0.717, 1.165) is 194 Å². The second-order valence-corrected chi connectivity index (χ2v) is 27.8. The molecule has 0 radical (unpaired) electrons. The van der Waals surface area contributed by atoms with Crippen molar-refractivity contribution >= 4 is 22.7 Å². The molecule has 14 nitrogen and oxygen atoms in total. The summed E-state index contributed by atoms with van der Waals surface area (Å²) in [5.41, 5.74) is 15.0. The Bertz CT molecular complexity index is 4260. The second kappa shape index (κ2) is 44.9. The van der Waals surface area contributed by atoms with Crippen LogP contribution in [0.2, 0.25) is 0 Å². The zero-order valence-corrected chi connectivity index (χ0v) is 63.9. The summed E-state index contributed by atoms with van der Waals surface area (Å²) in [5, 5.41) is 10.5. The largest absolute Gasteiger partial charge is 0.494 e. The van der Waals surface area contributed by atoms with E-state index in [1.165, 1.54) is 5.56 Å². The summed E-state index contributed by atoms with van der Waals surface area (Å²) < 4.78 is 57.1. The first-order valence-electron chi connectivity index (χ1n) is 39.2. The standard InChI is InChI=1S/C98H98N4O10/c1-99-86-41-27-79(28-42-86)78-25-23-74(24-26-78)22-14-6-5-7-15-58-107-93-64-76(65-94(68-93)108-59-19-11-8-16-55-104-90-49-35-83(36-50-90)80-29-43-87(100-2)44-30-80)72-111-97-62-75(71-103)63-98(70-97)112-73-77-66-95(109-60-20-12-9-17-56-105-91-51-37-84(38-52-91)81-31-45-88(101-3)46-32-81)69-96(67-77)110-61-21-13-10-18-57-106-92-53-39-85(40-54-92)82-33-47-89(102-4)48-34-82/h23-54,62-70,103H,5-22,55-61,71-73H2. The third-order valence-electron chi connectivity index (χ3n) is 19.3. The molecule has 570 valence electrons. The number of unbranched alkanes of at least 4 members (excludes halogenated alkanes) is 13. The van der Waals surface area contributed by atoms with Gasteiger partial charge in [-0.1, -0.05) is 177 Å². The average Bonchev–Trinajstić information content (AvgIpc) is 0.867. The molecule has 0 aliphatic heterocycles. The average molecular weight is 1490 g/mol. The molecular formula is C98H98N4O10. The lowest BCUT2D eigenvalue weighted by molar-refractivity contribution is 0.267. The van der Waals surface area contributed by atoms with E-state index in [2.05, 4.69) is 55.8 Å². The summed E-state index contributed by atoms with van der Waals surface area (Å²) in [5.74, 6) is 6.43. The van der Waals surface area contributed by atoms with Crippen LogP contribution in [0.1, 0.15) is 131 Å². The van der Waals surface area contributed by atoms with Gasteiger partial charge in [-0.2, -0.15) is 0 Å². The van der Waals surface area contributed by atoms with E-state index < -0.39 is 0 Å². The maximum absolute atomic E-state index is 10.5. The van der Waals surface area contributed by atoms with Gasteiger partial charge in [0.05, 0.1) is 79.1 Å². The molecule has 0 bridgehead atoms. The third-order valence-corrected chi connectivity index (χ3v) is 19.3. The van der Waals surface area contributed by atoms with E-state index in [-0.39, 0.29) is 19.8 Å². The van der Waals surface area contributed by atoms with Gasteiger partial charge in [-0.3, -0.25) is 0 Å². The Balaban J connectivity index is 0.660. The fourth-order valence-electron chi connectivity index (χ4n) is 13.0. The van der Waals surface area contributed by atoms with Crippen LogP contribution in [-0.4, -0.2) is 51.4 Å². The van der Waals surface area contributed by atoms with Gasteiger partial charge < -0.3 is 47.7 Å². The zero-order valence-electron chi connectivity index (χ0n) is 63.9. The number of benzene rings is 11. The molecule has 0 fully saturated rings. The monoisotopic (exact) mass is 1490 g/mol. The number of ether oxygens (including phenoxy) is 9. The van der Waals surface area contributed by atoms with E-state index in [4.69, 9.17) is 68.9 Å². The molecule has 0 aliphatic carbocycles. The third kappa shape index (κ3) is 27.0. The molecule has 0 heterocycles. The minimum atomic E-state index is -0.205. The fraction of sp³-hybridized carbons (Fsp3) is 0.286. The predicted octanol–water partition coefficient (Wildman–Crippen LogP) is 25.8. The number of hydrogen-bond donors (Lipinski definition) is 1. The molecule has 11 rings (SSSR count). The van der Waals surface area contributed by atoms with Crippen LogP contribution in [0.4, 0.5) is 22.7 Å². The molecule has 0 saturated heterocycles. The lowest BCUT2D eigenvalue weighted by Gasteiger charge is -2.15. The van der Waals surface area contributed by atoms with Gasteiger partial charge in [-0.25, -0.2) is 19.4 Å². The van der Waals surface area contributed by atoms with Crippen molar-refractivity contribution < 1.29 is 47.7 Å². The zero-order chi connectivity index (χ0) is 77.4. The van der Waals surface area contributed by atoms with Crippen LogP contribution < -0.4 is 42.6 Å². The van der Waals surface area contributed by atoms with Crippen molar-refractivity contribution in [3.8, 4) is 96.3 Å². The second-order valence-electron chi connectivity index (χ2n) is 27.8. The Hall–Kier alpha value is -12.5. The number of aliphatic hydroxyl groups excluding tert-OH is 1. The Labute approximate surface area is 661 Å². The Morgan fingerprint density at radius 1 is 0.196 bits per heavy atom. The molecule has 112 heavy (non-hydrogen) atoms. The van der Waals surface area contributed by atoms with Crippen molar-refractivity contribution in [1.82, 2.24) is 0 Å². The van der Waals surface area contributed by atoms with Crippen LogP contribution in [0.3, 0.4) is 0 Å². The number of hydrogen-bond acceptors (Lipinski definition) is 10. The highest BCUT2D eigenvalue weighted by Crippen LogP contribution is 2.34. The predicted molar refractivity (Wildman–Crippen MR) is 447 cm³/mol. The lowest BCUT2D eigenvalue weighted by Crippen LogP contribution is -2.04. The molecular weight excluding hydrogens is 1390 g/mol. The highest BCUT2D eigenvalue weighted by atomic mass is 16.5. The molecule has 0 unspecified atom stereocenters. The SMILES string of the molecule is [C-]#[N+]c1ccc(-c2ccc(CCCCCCCOc3cc(COc4cc(CO)cc(OCc5cc(OCCCCCCOc6ccc(-c7ccc([N+]#[C-])cc7)cc6)cc(OCCCCCCOc6ccc(-c7ccc([N+]#[C-])cc7)cc6)c5)c4)cc(OCCCCCCOc4ccc(-c5ccc([N+]#[C-])cc5)cc4)c3)cc2)cc1. The van der Waals surface area contributed by atoms with Crippen LogP contribution in [0, 0.1) is 26.3 Å². The van der Waals surface area contributed by atoms with Gasteiger partial charge in [0, 0.05) is 18.2 Å². The number of aryl methyl sites for hydroxylation is 1. The molecule has 0 aromatic heterocycles. The van der Waals surface area contributed by atoms with Gasteiger partial charge in [-0.15, -0.1) is 0 Å². The van der Waals surface area contributed by atoms with Crippen LogP contribution in [0.15, 0.2) is 249 Å². The van der Waals surface area contributed by atoms with E-state index >= 15 is 0 Å². The van der Waals surface area contributed by atoms with Crippen LogP contribution in [0.5, 0.6) is 51.7 Å². The Morgan fingerprint density at radius 2 is 0.402 bits per heavy atom. The van der Waals surface area contributed by atoms with Crippen molar-refractivity contribution in [2.45, 2.75) is 135 Å². The number of rotatable bonds is 47. The van der Waals surface area contributed by atoms with E-state index in [1.807, 2.05) is 212 Å². The van der Waals surface area contributed by atoms with Crippen LogP contribution >= 0.6 is 0 Å². The lowest BCUT2D eigenvalue weighted by atomic mass is 10.0. The molecule has 0 spiro atoms. The first kappa shape index (κ1) is 80.6. The molecule has 0 atom stereocenters. The highest BCUT2D eigenvalue weighted by molar-refractivity contribution is 5.70. The minimum absolute atomic E-state index is 0.205. The maximum Gasteiger partial charge on any atom is 0.187 e. The fourth-order valence-corrected chi connectivity index (χ4v) is 13.0. The van der Waals surface area contributed by atoms with E-state index in [0.29, 0.717) is 103 Å². The van der Waals surface area contributed by atoms with Gasteiger partial charge in [0.2, 0.25) is 0 Å².